The molecule has 0 N–H and O–H groups in total. The Kier molecular flexibility index (Phi) is 5.50. The molecule has 0 bridgehead atoms. The highest BCUT2D eigenvalue weighted by atomic mass is 32.2. The smallest absolute Gasteiger partial charge is 0.353 e. The monoisotopic (exact) mass is 332 g/mol. The van der Waals surface area contributed by atoms with Gasteiger partial charge in [0.05, 0.1) is 0 Å². The van der Waals surface area contributed by atoms with Gasteiger partial charge < -0.3 is 4.74 Å². The van der Waals surface area contributed by atoms with Crippen LogP contribution in [0.5, 0.6) is 0 Å². The first kappa shape index (κ1) is 16.9. The van der Waals surface area contributed by atoms with Crippen molar-refractivity contribution in [2.45, 2.75) is 49.4 Å². The Labute approximate surface area is 129 Å². The van der Waals surface area contributed by atoms with E-state index in [4.69, 9.17) is 4.74 Å². The van der Waals surface area contributed by atoms with Gasteiger partial charge in [0.15, 0.2) is 0 Å². The third kappa shape index (κ3) is 4.50. The lowest BCUT2D eigenvalue weighted by Crippen LogP contribution is -2.29. The Morgan fingerprint density at radius 2 is 1.73 bits per heavy atom. The number of carbonyl (C=O) groups excluding carboxylic acids is 1. The van der Waals surface area contributed by atoms with Crippen molar-refractivity contribution in [3.8, 4) is 0 Å². The number of hydrogen-bond acceptors (Lipinski definition) is 4. The van der Waals surface area contributed by atoms with Gasteiger partial charge in [-0.1, -0.05) is 30.3 Å². The summed E-state index contributed by atoms with van der Waals surface area (Å²) in [5.74, 6) is -0.777. The number of halogens is 2. The van der Waals surface area contributed by atoms with Crippen LogP contribution in [0, 0.1) is 0 Å². The molecule has 22 heavy (non-hydrogen) atoms. The highest BCUT2D eigenvalue weighted by Gasteiger charge is 2.38. The number of benzene rings is 1. The predicted octanol–water partition coefficient (Wildman–Crippen LogP) is 2.85. The molecule has 0 radical (unpaired) electrons. The molecular weight excluding hydrogens is 314 g/mol. The summed E-state index contributed by atoms with van der Waals surface area (Å²) in [5.41, 5.74) is 1.22. The van der Waals surface area contributed by atoms with Gasteiger partial charge in [0.2, 0.25) is 10.7 Å². The molecule has 0 heterocycles. The van der Waals surface area contributed by atoms with Crippen molar-refractivity contribution in [3.05, 3.63) is 35.9 Å². The molecule has 1 aromatic carbocycles. The molecule has 1 fully saturated rings. The average molecular weight is 332 g/mol. The molecule has 2 rings (SSSR count). The number of carbonyl (C=O) groups is 1. The van der Waals surface area contributed by atoms with E-state index < -0.39 is 34.5 Å². The van der Waals surface area contributed by atoms with Gasteiger partial charge in [-0.15, -0.1) is 0 Å². The molecule has 0 amide bonds. The first-order chi connectivity index (χ1) is 10.4. The summed E-state index contributed by atoms with van der Waals surface area (Å²) >= 11 is 0. The summed E-state index contributed by atoms with van der Waals surface area (Å²) in [5, 5.41) is -4.03. The second-order valence-electron chi connectivity index (χ2n) is 5.47. The first-order valence-electron chi connectivity index (χ1n) is 7.15. The molecule has 0 unspecified atom stereocenters. The molecule has 4 nitrogen and oxygen atoms in total. The molecule has 122 valence electrons. The molecule has 0 aliphatic heterocycles. The van der Waals surface area contributed by atoms with Crippen molar-refractivity contribution < 1.29 is 26.7 Å². The maximum Gasteiger partial charge on any atom is 0.353 e. The third-order valence-electron chi connectivity index (χ3n) is 3.87. The van der Waals surface area contributed by atoms with Crippen molar-refractivity contribution in [3.63, 3.8) is 0 Å². The van der Waals surface area contributed by atoms with E-state index in [1.807, 2.05) is 30.3 Å². The van der Waals surface area contributed by atoms with E-state index in [0.717, 1.165) is 12.8 Å². The van der Waals surface area contributed by atoms with E-state index in [9.17, 15) is 22.0 Å². The molecule has 0 spiro atoms. The van der Waals surface area contributed by atoms with Crippen LogP contribution >= 0.6 is 0 Å². The van der Waals surface area contributed by atoms with Crippen LogP contribution in [0.25, 0.3) is 0 Å². The van der Waals surface area contributed by atoms with Crippen molar-refractivity contribution >= 4 is 16.7 Å². The van der Waals surface area contributed by atoms with Crippen molar-refractivity contribution in [1.82, 2.24) is 0 Å². The fraction of sp³-hybridized carbons (Fsp3) is 0.533. The molecule has 7 heteroatoms. The average Bonchev–Trinajstić information content (AvgIpc) is 2.48. The number of esters is 1. The largest absolute Gasteiger partial charge is 0.462 e. The molecule has 0 aromatic heterocycles. The predicted molar refractivity (Wildman–Crippen MR) is 77.4 cm³/mol. The van der Waals surface area contributed by atoms with Crippen molar-refractivity contribution in [2.75, 3.05) is 0 Å². The van der Waals surface area contributed by atoms with Crippen molar-refractivity contribution in [2.24, 2.45) is 0 Å². The summed E-state index contributed by atoms with van der Waals surface area (Å²) in [6.07, 6.45) is 1.00. The van der Waals surface area contributed by atoms with Gasteiger partial charge in [-0.2, -0.15) is 8.78 Å². The zero-order chi connectivity index (χ0) is 16.2. The van der Waals surface area contributed by atoms with E-state index in [0.29, 0.717) is 18.8 Å². The summed E-state index contributed by atoms with van der Waals surface area (Å²) in [4.78, 5) is 11.4. The highest BCUT2D eigenvalue weighted by Crippen LogP contribution is 2.34. The third-order valence-corrected chi connectivity index (χ3v) is 4.56. The summed E-state index contributed by atoms with van der Waals surface area (Å²) in [7, 11) is -3.97. The first-order valence-corrected chi connectivity index (χ1v) is 8.33. The normalized spacial score (nSPS) is 22.5. The number of rotatable bonds is 5. The van der Waals surface area contributed by atoms with Crippen LogP contribution in [-0.4, -0.2) is 25.7 Å². The van der Waals surface area contributed by atoms with Crippen LogP contribution in [0.2, 0.25) is 0 Å². The Morgan fingerprint density at radius 3 is 2.27 bits per heavy atom. The van der Waals surface area contributed by atoms with Crippen LogP contribution in [0.4, 0.5) is 8.78 Å². The van der Waals surface area contributed by atoms with Gasteiger partial charge in [-0.25, -0.2) is 8.42 Å². The van der Waals surface area contributed by atoms with Crippen LogP contribution in [0.1, 0.15) is 43.6 Å². The zero-order valence-electron chi connectivity index (χ0n) is 11.9. The topological polar surface area (TPSA) is 60.4 Å². The minimum atomic E-state index is -4.03. The van der Waals surface area contributed by atoms with E-state index in [1.165, 1.54) is 5.56 Å². The maximum atomic E-state index is 12.9. The van der Waals surface area contributed by atoms with Gasteiger partial charge in [0, 0.05) is 0 Å². The van der Waals surface area contributed by atoms with E-state index in [1.54, 1.807) is 0 Å². The molecule has 1 aliphatic rings. The van der Waals surface area contributed by atoms with Crippen LogP contribution in [-0.2, 0) is 20.2 Å². The lowest BCUT2D eigenvalue weighted by atomic mass is 9.83. The lowest BCUT2D eigenvalue weighted by Gasteiger charge is -2.28. The lowest BCUT2D eigenvalue weighted by molar-refractivity contribution is -0.154. The fourth-order valence-electron chi connectivity index (χ4n) is 2.70. The molecule has 1 aliphatic carbocycles. The summed E-state index contributed by atoms with van der Waals surface area (Å²) < 4.78 is 51.5. The minimum absolute atomic E-state index is 0.383. The molecule has 1 saturated carbocycles. The zero-order valence-corrected chi connectivity index (χ0v) is 12.8. The quantitative estimate of drug-likeness (QED) is 0.665. The van der Waals surface area contributed by atoms with Crippen LogP contribution < -0.4 is 0 Å². The van der Waals surface area contributed by atoms with E-state index in [-0.39, 0.29) is 0 Å². The number of alkyl halides is 2. The number of thiol groups is 1. The Bertz CT molecular complexity index is 570. The highest BCUT2D eigenvalue weighted by molar-refractivity contribution is 7.73. The summed E-state index contributed by atoms with van der Waals surface area (Å²) in [6, 6.07) is 9.96. The van der Waals surface area contributed by atoms with Gasteiger partial charge >= 0.3 is 11.2 Å². The molecule has 0 saturated heterocycles. The molecule has 0 atom stereocenters. The van der Waals surface area contributed by atoms with Gasteiger partial charge in [-0.05, 0) is 37.2 Å². The Hall–Kier alpha value is -1.50. The van der Waals surface area contributed by atoms with Gasteiger partial charge in [-0.3, -0.25) is 4.79 Å². The van der Waals surface area contributed by atoms with Crippen LogP contribution in [0.3, 0.4) is 0 Å². The van der Waals surface area contributed by atoms with Gasteiger partial charge in [0.25, 0.3) is 0 Å². The van der Waals surface area contributed by atoms with Crippen molar-refractivity contribution in [1.29, 1.82) is 0 Å². The Balaban J connectivity index is 1.81. The summed E-state index contributed by atoms with van der Waals surface area (Å²) in [6.45, 7) is 0. The van der Waals surface area contributed by atoms with Crippen LogP contribution in [0.15, 0.2) is 30.3 Å². The standard InChI is InChI=1S/C15H18F2O4S/c16-15(17,22(19)20)10-14(18)21-13-8-6-12(7-9-13)11-4-2-1-3-5-11/h1-5,12-13,22H,6-10H2. The SMILES string of the molecule is O=C(CC(F)(F)[SH](=O)=O)OC1CCC(c2ccccc2)CC1. The Morgan fingerprint density at radius 1 is 1.14 bits per heavy atom. The van der Waals surface area contributed by atoms with E-state index >= 15 is 0 Å². The fourth-order valence-corrected chi connectivity index (χ4v) is 2.96. The second-order valence-corrected chi connectivity index (χ2v) is 6.64. The maximum absolute atomic E-state index is 12.9. The number of ether oxygens (including phenoxy) is 1. The second kappa shape index (κ2) is 7.17. The van der Waals surface area contributed by atoms with E-state index in [2.05, 4.69) is 0 Å². The number of hydrogen-bond donors (Lipinski definition) is 1. The molecule has 1 aromatic rings. The van der Waals surface area contributed by atoms with Gasteiger partial charge in [0.1, 0.15) is 12.5 Å². The molecular formula is C15H18F2O4S. The minimum Gasteiger partial charge on any atom is -0.462 e.